The van der Waals surface area contributed by atoms with Gasteiger partial charge in [-0.15, -0.1) is 0 Å². The normalized spacial score (nSPS) is 38.6. The number of nitrogens with zero attached hydrogens (tertiary/aromatic N) is 1. The number of aliphatic hydroxyl groups is 4. The van der Waals surface area contributed by atoms with E-state index in [1.54, 1.807) is 48.5 Å². The topological polar surface area (TPSA) is 264 Å². The minimum absolute atomic E-state index is 0.0760. The van der Waals surface area contributed by atoms with Crippen molar-refractivity contribution >= 4 is 28.1 Å². The molecule has 18 atom stereocenters. The summed E-state index contributed by atoms with van der Waals surface area (Å²) in [7, 11) is 0.973. The van der Waals surface area contributed by atoms with Crippen molar-refractivity contribution in [2.45, 2.75) is 264 Å². The highest BCUT2D eigenvalue weighted by Gasteiger charge is 2.54. The smallest absolute Gasteiger partial charge is 0.397 e. The molecule has 0 radical (unpaired) electrons. The maximum absolute atomic E-state index is 14.2. The Hall–Kier alpha value is -1.92. The van der Waals surface area contributed by atoms with Gasteiger partial charge in [-0.3, -0.25) is 18.9 Å². The molecule has 0 aromatic heterocycles. The molecule has 3 aliphatic heterocycles. The third-order valence-corrected chi connectivity index (χ3v) is 15.5. The van der Waals surface area contributed by atoms with E-state index < -0.39 is 124 Å². The van der Waals surface area contributed by atoms with E-state index in [9.17, 15) is 43.2 Å². The SMILES string of the molecule is CCC(=O)O[C@H]1[C@H](O[C@@H]2[C@@H](C)[C@H](O[C@H]3C[C@@](C)(OC)[C@@H](O)[C@H](C)O3)[C@@H](C)C(=O)O[C@H](CC)[C@@](C)(O)[C@H](O)[C@@H](C)C(=O)[C@H](C)C[C@@]2(C)O)O[C@H](C)C[C@H]1N(C)C.CCCCCCCCCCCCOS(=O)(=O)O. The van der Waals surface area contributed by atoms with Crippen molar-refractivity contribution in [3.63, 3.8) is 0 Å². The van der Waals surface area contributed by atoms with Crippen molar-refractivity contribution in [2.75, 3.05) is 27.8 Å². The molecular weight excluding hydrogens is 959 g/mol. The summed E-state index contributed by atoms with van der Waals surface area (Å²) in [5, 5.41) is 46.6. The van der Waals surface area contributed by atoms with Crippen LogP contribution >= 0.6 is 0 Å². The van der Waals surface area contributed by atoms with Gasteiger partial charge in [0.25, 0.3) is 0 Å². The molecule has 3 heterocycles. The Labute approximate surface area is 432 Å². The van der Waals surface area contributed by atoms with Crippen molar-refractivity contribution in [3.05, 3.63) is 0 Å². The molecule has 0 amide bonds. The van der Waals surface area contributed by atoms with Gasteiger partial charge < -0.3 is 58.5 Å². The van der Waals surface area contributed by atoms with Gasteiger partial charge >= 0.3 is 22.3 Å². The number of Topliss-reactive ketones (excluding diaryl/α,β-unsaturated/α-hetero) is 1. The van der Waals surface area contributed by atoms with Gasteiger partial charge in [0, 0.05) is 37.7 Å². The van der Waals surface area contributed by atoms with Gasteiger partial charge in [-0.2, -0.15) is 8.42 Å². The fraction of sp³-hybridized carbons (Fsp3) is 0.942. The fourth-order valence-electron chi connectivity index (χ4n) is 10.5. The number of methoxy groups -OCH3 is 1. The number of hydrogen-bond acceptors (Lipinski definition) is 18. The van der Waals surface area contributed by atoms with E-state index in [2.05, 4.69) is 11.1 Å². The monoisotopic (exact) mass is 1060 g/mol. The number of ketones is 1. The highest BCUT2D eigenvalue weighted by molar-refractivity contribution is 7.80. The lowest BCUT2D eigenvalue weighted by Gasteiger charge is -2.49. The molecule has 19 nitrogen and oxygen atoms in total. The number of ether oxygens (including phenoxy) is 7. The van der Waals surface area contributed by atoms with Crippen LogP contribution in [0.15, 0.2) is 0 Å². The van der Waals surface area contributed by atoms with Crippen LogP contribution in [-0.2, 0) is 62.1 Å². The summed E-state index contributed by atoms with van der Waals surface area (Å²) >= 11 is 0. The number of aliphatic hydroxyl groups excluding tert-OH is 2. The van der Waals surface area contributed by atoms with Gasteiger partial charge in [0.15, 0.2) is 18.7 Å². The lowest BCUT2D eigenvalue weighted by atomic mass is 9.74. The minimum Gasteiger partial charge on any atom is -0.459 e. The molecule has 0 bridgehead atoms. The van der Waals surface area contributed by atoms with Gasteiger partial charge in [0.1, 0.15) is 23.6 Å². The lowest BCUT2D eigenvalue weighted by Crippen LogP contribution is -2.61. The molecule has 0 unspecified atom stereocenters. The van der Waals surface area contributed by atoms with Crippen molar-refractivity contribution in [1.82, 2.24) is 4.90 Å². The standard InChI is InChI=1S/C40H71NO14.C12H26O4S/c1-15-27-40(11,48)33(44)22(5)30(43)20(3)18-38(9,47)35(55-37-32(53-28(42)16-2)26(41(12)13)17-21(4)50-37)23(6)31(24(7)36(46)52-27)54-29-19-39(10,49-14)34(45)25(8)51-29;1-2-3-4-5-6-7-8-9-10-11-12-16-17(13,14)15/h20-27,29,31-35,37,44-45,47-48H,15-19H2,1-14H3;2-12H2,1H3,(H,13,14,15)/t20-,21-,22+,23+,24-,25+,26-,27-,29+,31+,32-,33-,34+,35-,37+,38-,39-,40-;/m1./s1. The van der Waals surface area contributed by atoms with E-state index in [1.807, 2.05) is 25.9 Å². The van der Waals surface area contributed by atoms with Gasteiger partial charge in [-0.25, -0.2) is 4.18 Å². The Morgan fingerprint density at radius 1 is 0.792 bits per heavy atom. The van der Waals surface area contributed by atoms with Crippen molar-refractivity contribution in [2.24, 2.45) is 23.7 Å². The zero-order chi connectivity index (χ0) is 54.9. The number of rotatable bonds is 21. The summed E-state index contributed by atoms with van der Waals surface area (Å²) < 4.78 is 76.6. The largest absolute Gasteiger partial charge is 0.459 e. The molecule has 424 valence electrons. The van der Waals surface area contributed by atoms with E-state index >= 15 is 0 Å². The van der Waals surface area contributed by atoms with E-state index in [0.29, 0.717) is 12.8 Å². The molecule has 3 aliphatic rings. The molecule has 0 aliphatic carbocycles. The first-order valence-electron chi connectivity index (χ1n) is 26.6. The van der Waals surface area contributed by atoms with Crippen molar-refractivity contribution in [1.29, 1.82) is 0 Å². The molecule has 3 rings (SSSR count). The van der Waals surface area contributed by atoms with E-state index in [4.69, 9.17) is 37.7 Å². The van der Waals surface area contributed by atoms with Crippen LogP contribution in [0.4, 0.5) is 0 Å². The molecule has 0 saturated carbocycles. The number of unbranched alkanes of at least 4 members (excludes halogenated alkanes) is 9. The quantitative estimate of drug-likeness (QED) is 0.0468. The van der Waals surface area contributed by atoms with Gasteiger partial charge in [-0.05, 0) is 81.3 Å². The molecule has 3 saturated heterocycles. The van der Waals surface area contributed by atoms with E-state index in [-0.39, 0.29) is 44.4 Å². The van der Waals surface area contributed by atoms with Crippen LogP contribution in [0.3, 0.4) is 0 Å². The van der Waals surface area contributed by atoms with E-state index in [0.717, 1.165) is 12.8 Å². The summed E-state index contributed by atoms with van der Waals surface area (Å²) in [6.07, 6.45) is 2.17. The number of esters is 2. The molecule has 0 spiro atoms. The minimum atomic E-state index is -4.23. The maximum atomic E-state index is 14.2. The summed E-state index contributed by atoms with van der Waals surface area (Å²) in [6, 6.07) is -0.319. The molecule has 3 fully saturated rings. The molecule has 0 aromatic carbocycles. The molecule has 5 N–H and O–H groups in total. The summed E-state index contributed by atoms with van der Waals surface area (Å²) in [6.45, 7) is 20.3. The third kappa shape index (κ3) is 19.6. The number of likely N-dealkylation sites (N-methyl/N-ethyl adjacent to an activating group) is 1. The summed E-state index contributed by atoms with van der Waals surface area (Å²) in [5.41, 5.74) is -4.92. The molecular formula is C52H97NO18S. The Balaban J connectivity index is 0.000000887. The van der Waals surface area contributed by atoms with Gasteiger partial charge in [-0.1, -0.05) is 99.3 Å². The fourth-order valence-corrected chi connectivity index (χ4v) is 10.8. The van der Waals surface area contributed by atoms with Crippen LogP contribution < -0.4 is 0 Å². The van der Waals surface area contributed by atoms with Gasteiger partial charge in [0.05, 0.1) is 60.3 Å². The van der Waals surface area contributed by atoms with Crippen LogP contribution in [0.2, 0.25) is 0 Å². The predicted molar refractivity (Wildman–Crippen MR) is 270 cm³/mol. The van der Waals surface area contributed by atoms with Crippen LogP contribution in [0.5, 0.6) is 0 Å². The Kier molecular flexibility index (Phi) is 27.7. The zero-order valence-electron chi connectivity index (χ0n) is 46.4. The van der Waals surface area contributed by atoms with Crippen LogP contribution in [0, 0.1) is 23.7 Å². The number of carbonyl (C=O) groups is 3. The summed E-state index contributed by atoms with van der Waals surface area (Å²) in [5.74, 6) is -5.59. The van der Waals surface area contributed by atoms with E-state index in [1.165, 1.54) is 72.8 Å². The van der Waals surface area contributed by atoms with Crippen LogP contribution in [0.25, 0.3) is 0 Å². The van der Waals surface area contributed by atoms with Crippen LogP contribution in [-0.4, -0.2) is 168 Å². The maximum Gasteiger partial charge on any atom is 0.397 e. The number of hydrogen-bond donors (Lipinski definition) is 5. The average Bonchev–Trinajstić information content (AvgIpc) is 3.30. The molecule has 0 aromatic rings. The second kappa shape index (κ2) is 30.1. The van der Waals surface area contributed by atoms with Gasteiger partial charge in [0.2, 0.25) is 0 Å². The Morgan fingerprint density at radius 3 is 1.88 bits per heavy atom. The average molecular weight is 1060 g/mol. The first kappa shape index (κ1) is 66.2. The number of carbonyl (C=O) groups excluding carboxylic acids is 3. The molecule has 20 heteroatoms. The highest BCUT2D eigenvalue weighted by atomic mass is 32.3. The second-order valence-electron chi connectivity index (χ2n) is 21.7. The lowest BCUT2D eigenvalue weighted by molar-refractivity contribution is -0.319. The zero-order valence-corrected chi connectivity index (χ0v) is 47.2. The Bertz CT molecular complexity index is 1730. The van der Waals surface area contributed by atoms with Crippen molar-refractivity contribution < 1.29 is 85.1 Å². The first-order valence-corrected chi connectivity index (χ1v) is 28.0. The summed E-state index contributed by atoms with van der Waals surface area (Å²) in [4.78, 5) is 42.9. The third-order valence-electron chi connectivity index (χ3n) is 15.1. The number of cyclic esters (lactones) is 1. The second-order valence-corrected chi connectivity index (χ2v) is 22.8. The Morgan fingerprint density at radius 2 is 1.36 bits per heavy atom. The van der Waals surface area contributed by atoms with Crippen molar-refractivity contribution in [3.8, 4) is 0 Å². The predicted octanol–water partition coefficient (Wildman–Crippen LogP) is 6.47. The first-order chi connectivity index (χ1) is 33.4. The highest BCUT2D eigenvalue weighted by Crippen LogP contribution is 2.41. The van der Waals surface area contributed by atoms with Crippen LogP contribution in [0.1, 0.15) is 179 Å². The molecule has 72 heavy (non-hydrogen) atoms.